The second kappa shape index (κ2) is 9.96. The maximum Gasteiger partial charge on any atom is 0.274 e. The van der Waals surface area contributed by atoms with Crippen LogP contribution in [0, 0.1) is 26.7 Å². The molecule has 1 amide bonds. The zero-order valence-electron chi connectivity index (χ0n) is 20.1. The van der Waals surface area contributed by atoms with Crippen molar-refractivity contribution in [3.63, 3.8) is 0 Å². The summed E-state index contributed by atoms with van der Waals surface area (Å²) in [6.45, 7) is 7.59. The summed E-state index contributed by atoms with van der Waals surface area (Å²) in [5.74, 6) is 2.05. The molecule has 1 aliphatic carbocycles. The molecule has 0 N–H and O–H groups in total. The number of carbonyl (C=O) groups is 1. The fraction of sp³-hybridized carbons (Fsp3) is 0.407. The Morgan fingerprint density at radius 1 is 1.03 bits per heavy atom. The number of amides is 1. The van der Waals surface area contributed by atoms with Crippen molar-refractivity contribution in [1.29, 1.82) is 0 Å². The summed E-state index contributed by atoms with van der Waals surface area (Å²) in [6, 6.07) is 12.4. The monoisotopic (exact) mass is 464 g/mol. The third-order valence-electron chi connectivity index (χ3n) is 6.00. The van der Waals surface area contributed by atoms with E-state index in [1.54, 1.807) is 25.6 Å². The van der Waals surface area contributed by atoms with Gasteiger partial charge >= 0.3 is 0 Å². The van der Waals surface area contributed by atoms with E-state index in [1.807, 2.05) is 30.0 Å². The van der Waals surface area contributed by atoms with Crippen molar-refractivity contribution in [1.82, 2.24) is 9.88 Å². The highest BCUT2D eigenvalue weighted by atomic mass is 32.1. The predicted octanol–water partition coefficient (Wildman–Crippen LogP) is 5.85. The van der Waals surface area contributed by atoms with E-state index in [-0.39, 0.29) is 5.91 Å². The normalized spacial score (nSPS) is 13.1. The molecule has 0 bridgehead atoms. The van der Waals surface area contributed by atoms with Crippen molar-refractivity contribution in [3.8, 4) is 21.9 Å². The van der Waals surface area contributed by atoms with Crippen LogP contribution in [0.15, 0.2) is 36.4 Å². The van der Waals surface area contributed by atoms with Gasteiger partial charge in [0.15, 0.2) is 11.5 Å². The molecule has 3 aromatic rings. The summed E-state index contributed by atoms with van der Waals surface area (Å²) >= 11 is 1.60. The van der Waals surface area contributed by atoms with Gasteiger partial charge in [-0.15, -0.1) is 11.3 Å². The van der Waals surface area contributed by atoms with Crippen LogP contribution in [0.25, 0.3) is 10.4 Å². The average molecular weight is 465 g/mol. The lowest BCUT2D eigenvalue weighted by Crippen LogP contribution is -2.35. The van der Waals surface area contributed by atoms with Gasteiger partial charge in [-0.25, -0.2) is 4.98 Å². The van der Waals surface area contributed by atoms with Crippen LogP contribution in [0.4, 0.5) is 0 Å². The van der Waals surface area contributed by atoms with Gasteiger partial charge in [-0.1, -0.05) is 35.4 Å². The third-order valence-corrected chi connectivity index (χ3v) is 7.02. The van der Waals surface area contributed by atoms with Crippen LogP contribution in [0.3, 0.4) is 0 Å². The second-order valence-corrected chi connectivity index (χ2v) is 10.1. The molecule has 4 rings (SSSR count). The van der Waals surface area contributed by atoms with E-state index in [0.717, 1.165) is 34.0 Å². The Labute approximate surface area is 200 Å². The van der Waals surface area contributed by atoms with Crippen LogP contribution in [0.1, 0.15) is 45.0 Å². The van der Waals surface area contributed by atoms with Gasteiger partial charge in [-0.05, 0) is 69.2 Å². The summed E-state index contributed by atoms with van der Waals surface area (Å²) in [7, 11) is 3.28. The minimum absolute atomic E-state index is 0.0286. The number of hydrogen-bond donors (Lipinski definition) is 0. The first-order chi connectivity index (χ1) is 15.9. The highest BCUT2D eigenvalue weighted by Crippen LogP contribution is 2.35. The Kier molecular flexibility index (Phi) is 7.03. The van der Waals surface area contributed by atoms with Crippen molar-refractivity contribution in [2.24, 2.45) is 5.92 Å². The average Bonchev–Trinajstić information content (AvgIpc) is 3.53. The highest BCUT2D eigenvalue weighted by Gasteiger charge is 2.30. The molecular formula is C27H32N2O3S. The number of methoxy groups -OCH3 is 2. The van der Waals surface area contributed by atoms with E-state index < -0.39 is 0 Å². The van der Waals surface area contributed by atoms with Gasteiger partial charge in [0.2, 0.25) is 0 Å². The van der Waals surface area contributed by atoms with Gasteiger partial charge in [0.05, 0.1) is 24.1 Å². The van der Waals surface area contributed by atoms with Crippen molar-refractivity contribution < 1.29 is 14.3 Å². The molecule has 6 heteroatoms. The lowest BCUT2D eigenvalue weighted by Gasteiger charge is -2.23. The van der Waals surface area contributed by atoms with Gasteiger partial charge in [0.25, 0.3) is 5.91 Å². The summed E-state index contributed by atoms with van der Waals surface area (Å²) < 4.78 is 10.8. The number of aryl methyl sites for hydroxylation is 3. The maximum atomic E-state index is 13.8. The highest BCUT2D eigenvalue weighted by molar-refractivity contribution is 7.15. The fourth-order valence-corrected chi connectivity index (χ4v) is 5.11. The Balaban J connectivity index is 1.59. The Bertz CT molecular complexity index is 1130. The van der Waals surface area contributed by atoms with E-state index >= 15 is 0 Å². The lowest BCUT2D eigenvalue weighted by molar-refractivity contribution is 0.0745. The third kappa shape index (κ3) is 5.56. The molecule has 0 saturated heterocycles. The standard InChI is InChI=1S/C27H32N2O3S/c1-17-12-18(2)14-22(13-17)26-25(28-19(3)33-26)27(30)29(16-21-6-7-21)11-10-20-8-9-23(31-4)24(15-20)32-5/h8-9,12-15,21H,6-7,10-11,16H2,1-5H3. The molecule has 0 aliphatic heterocycles. The van der Waals surface area contributed by atoms with E-state index in [4.69, 9.17) is 14.5 Å². The number of nitrogens with zero attached hydrogens (tertiary/aromatic N) is 2. The first kappa shape index (κ1) is 23.3. The van der Waals surface area contributed by atoms with Crippen molar-refractivity contribution in [2.45, 2.75) is 40.0 Å². The van der Waals surface area contributed by atoms with Gasteiger partial charge in [0, 0.05) is 13.1 Å². The molecular weight excluding hydrogens is 432 g/mol. The minimum Gasteiger partial charge on any atom is -0.493 e. The number of benzene rings is 2. The van der Waals surface area contributed by atoms with Gasteiger partial charge in [-0.3, -0.25) is 4.79 Å². The number of carbonyl (C=O) groups excluding carboxylic acids is 1. The molecule has 1 aromatic heterocycles. The molecule has 0 spiro atoms. The molecule has 1 fully saturated rings. The van der Waals surface area contributed by atoms with Crippen LogP contribution in [-0.4, -0.2) is 43.1 Å². The number of aromatic nitrogens is 1. The molecule has 2 aromatic carbocycles. The number of thiazole rings is 1. The van der Waals surface area contributed by atoms with Crippen LogP contribution in [0.5, 0.6) is 11.5 Å². The minimum atomic E-state index is 0.0286. The molecule has 0 atom stereocenters. The van der Waals surface area contributed by atoms with Crippen LogP contribution >= 0.6 is 11.3 Å². The molecule has 1 aliphatic rings. The molecule has 33 heavy (non-hydrogen) atoms. The maximum absolute atomic E-state index is 13.8. The summed E-state index contributed by atoms with van der Waals surface area (Å²) in [6.07, 6.45) is 3.14. The van der Waals surface area contributed by atoms with Crippen LogP contribution < -0.4 is 9.47 Å². The first-order valence-corrected chi connectivity index (χ1v) is 12.3. The second-order valence-electron chi connectivity index (χ2n) is 8.92. The number of hydrogen-bond acceptors (Lipinski definition) is 5. The Morgan fingerprint density at radius 3 is 2.36 bits per heavy atom. The van der Waals surface area contributed by atoms with Crippen molar-refractivity contribution in [3.05, 3.63) is 63.8 Å². The molecule has 0 unspecified atom stereocenters. The van der Waals surface area contributed by atoms with Gasteiger partial charge < -0.3 is 14.4 Å². The zero-order chi connectivity index (χ0) is 23.5. The van der Waals surface area contributed by atoms with Crippen LogP contribution in [0.2, 0.25) is 0 Å². The SMILES string of the molecule is COc1ccc(CCN(CC2CC2)C(=O)c2nc(C)sc2-c2cc(C)cc(C)c2)cc1OC. The van der Waals surface area contributed by atoms with E-state index in [1.165, 1.54) is 24.0 Å². The number of ether oxygens (including phenoxy) is 2. The largest absolute Gasteiger partial charge is 0.493 e. The zero-order valence-corrected chi connectivity index (χ0v) is 20.9. The smallest absolute Gasteiger partial charge is 0.274 e. The predicted molar refractivity (Wildman–Crippen MR) is 134 cm³/mol. The lowest BCUT2D eigenvalue weighted by atomic mass is 10.0. The molecule has 1 heterocycles. The quantitative estimate of drug-likeness (QED) is 0.399. The Hall–Kier alpha value is -2.86. The Morgan fingerprint density at radius 2 is 1.73 bits per heavy atom. The van der Waals surface area contributed by atoms with Gasteiger partial charge in [-0.2, -0.15) is 0 Å². The molecule has 0 radical (unpaired) electrons. The van der Waals surface area contributed by atoms with E-state index in [9.17, 15) is 4.79 Å². The summed E-state index contributed by atoms with van der Waals surface area (Å²) in [5.41, 5.74) is 5.16. The first-order valence-electron chi connectivity index (χ1n) is 11.4. The topological polar surface area (TPSA) is 51.7 Å². The summed E-state index contributed by atoms with van der Waals surface area (Å²) in [5, 5.41) is 0.916. The van der Waals surface area contributed by atoms with Crippen molar-refractivity contribution in [2.75, 3.05) is 27.3 Å². The fourth-order valence-electron chi connectivity index (χ4n) is 4.21. The van der Waals surface area contributed by atoms with Gasteiger partial charge in [0.1, 0.15) is 5.69 Å². The summed E-state index contributed by atoms with van der Waals surface area (Å²) in [4.78, 5) is 21.4. The number of rotatable bonds is 9. The van der Waals surface area contributed by atoms with E-state index in [0.29, 0.717) is 29.7 Å². The van der Waals surface area contributed by atoms with E-state index in [2.05, 4.69) is 32.0 Å². The molecule has 5 nitrogen and oxygen atoms in total. The van der Waals surface area contributed by atoms with Crippen LogP contribution in [-0.2, 0) is 6.42 Å². The molecule has 174 valence electrons. The molecule has 1 saturated carbocycles. The van der Waals surface area contributed by atoms with Crippen molar-refractivity contribution >= 4 is 17.2 Å².